The van der Waals surface area contributed by atoms with E-state index in [-0.39, 0.29) is 36.6 Å². The van der Waals surface area contributed by atoms with Gasteiger partial charge in [-0.2, -0.15) is 11.8 Å². The highest BCUT2D eigenvalue weighted by Gasteiger charge is 2.28. The summed E-state index contributed by atoms with van der Waals surface area (Å²) in [5, 5.41) is 3.44. The fourth-order valence-electron chi connectivity index (χ4n) is 4.00. The summed E-state index contributed by atoms with van der Waals surface area (Å²) in [6, 6.07) is 0.705. The van der Waals surface area contributed by atoms with Gasteiger partial charge in [-0.3, -0.25) is 14.5 Å². The second-order valence-electron chi connectivity index (χ2n) is 7.52. The topological polar surface area (TPSA) is 55.9 Å². The van der Waals surface area contributed by atoms with Crippen molar-refractivity contribution >= 4 is 48.4 Å². The zero-order valence-corrected chi connectivity index (χ0v) is 18.7. The smallest absolute Gasteiger partial charge is 0.236 e. The van der Waals surface area contributed by atoms with Crippen LogP contribution in [0, 0.1) is 0 Å². The fourth-order valence-corrected chi connectivity index (χ4v) is 4.95. The van der Waals surface area contributed by atoms with Crippen LogP contribution in [0.15, 0.2) is 0 Å². The Hall–Kier alpha value is -0.210. The molecule has 2 amide bonds. The number of nitrogens with zero attached hydrogens (tertiary/aromatic N) is 3. The Balaban J connectivity index is 0.00000182. The van der Waals surface area contributed by atoms with Crippen molar-refractivity contribution in [3.63, 3.8) is 0 Å². The number of nitrogens with one attached hydrogen (secondary N) is 1. The summed E-state index contributed by atoms with van der Waals surface area (Å²) in [5.41, 5.74) is 0. The normalized spacial score (nSPS) is 26.7. The summed E-state index contributed by atoms with van der Waals surface area (Å²) >= 11 is 1.93. The van der Waals surface area contributed by atoms with E-state index in [1.54, 1.807) is 0 Å². The van der Waals surface area contributed by atoms with E-state index in [0.717, 1.165) is 63.6 Å². The van der Waals surface area contributed by atoms with E-state index in [9.17, 15) is 9.59 Å². The lowest BCUT2D eigenvalue weighted by atomic mass is 10.0. The molecule has 3 rings (SSSR count). The first kappa shape index (κ1) is 24.8. The van der Waals surface area contributed by atoms with Gasteiger partial charge in [0.1, 0.15) is 0 Å². The molecule has 1 N–H and O–H groups in total. The summed E-state index contributed by atoms with van der Waals surface area (Å²) in [5.74, 6) is 2.70. The maximum atomic E-state index is 12.5. The van der Waals surface area contributed by atoms with Gasteiger partial charge < -0.3 is 15.1 Å². The molecule has 9 heteroatoms. The molecule has 0 saturated carbocycles. The van der Waals surface area contributed by atoms with Crippen molar-refractivity contribution in [2.45, 2.75) is 44.7 Å². The molecule has 6 nitrogen and oxygen atoms in total. The summed E-state index contributed by atoms with van der Waals surface area (Å²) in [6.07, 6.45) is 4.10. The van der Waals surface area contributed by atoms with Crippen LogP contribution in [-0.4, -0.2) is 95.9 Å². The highest BCUT2D eigenvalue weighted by Crippen LogP contribution is 2.17. The molecule has 3 fully saturated rings. The predicted octanol–water partition coefficient (Wildman–Crippen LogP) is 1.47. The van der Waals surface area contributed by atoms with Crippen LogP contribution in [0.2, 0.25) is 0 Å². The third-order valence-corrected chi connectivity index (χ3v) is 6.76. The molecule has 3 aliphatic heterocycles. The van der Waals surface area contributed by atoms with Crippen LogP contribution in [0.3, 0.4) is 0 Å². The Morgan fingerprint density at radius 3 is 2.41 bits per heavy atom. The molecule has 0 aromatic rings. The average molecular weight is 441 g/mol. The molecule has 0 aromatic carbocycles. The van der Waals surface area contributed by atoms with Crippen LogP contribution in [0.1, 0.15) is 32.6 Å². The van der Waals surface area contributed by atoms with Gasteiger partial charge in [0.15, 0.2) is 0 Å². The molecule has 2 atom stereocenters. The van der Waals surface area contributed by atoms with Gasteiger partial charge in [-0.25, -0.2) is 0 Å². The number of amides is 2. The van der Waals surface area contributed by atoms with Gasteiger partial charge in [-0.05, 0) is 26.2 Å². The Kier molecular flexibility index (Phi) is 11.4. The van der Waals surface area contributed by atoms with Gasteiger partial charge in [-0.15, -0.1) is 24.8 Å². The summed E-state index contributed by atoms with van der Waals surface area (Å²) in [6.45, 7) is 7.71. The number of hydrogen-bond donors (Lipinski definition) is 1. The van der Waals surface area contributed by atoms with E-state index in [4.69, 9.17) is 0 Å². The lowest BCUT2D eigenvalue weighted by molar-refractivity contribution is -0.137. The maximum absolute atomic E-state index is 12.5. The third kappa shape index (κ3) is 7.28. The molecule has 0 aromatic heterocycles. The van der Waals surface area contributed by atoms with E-state index in [2.05, 4.69) is 17.1 Å². The minimum absolute atomic E-state index is 0. The molecule has 0 spiro atoms. The molecular weight excluding hydrogens is 407 g/mol. The maximum Gasteiger partial charge on any atom is 0.236 e. The van der Waals surface area contributed by atoms with Crippen LogP contribution in [-0.2, 0) is 9.59 Å². The van der Waals surface area contributed by atoms with Gasteiger partial charge >= 0.3 is 0 Å². The van der Waals surface area contributed by atoms with Gasteiger partial charge in [0.2, 0.25) is 11.8 Å². The SMILES string of the molecule is CC1CCCCN1C(=O)CN1CCN(C(=O)CC2CSCCN2)CC1.Cl.Cl. The molecule has 3 heterocycles. The van der Waals surface area contributed by atoms with E-state index < -0.39 is 0 Å². The third-order valence-electron chi connectivity index (χ3n) is 5.63. The molecule has 3 saturated heterocycles. The Labute approximate surface area is 180 Å². The fraction of sp³-hybridized carbons (Fsp3) is 0.889. The van der Waals surface area contributed by atoms with Crippen molar-refractivity contribution in [1.82, 2.24) is 20.0 Å². The molecule has 0 radical (unpaired) electrons. The number of rotatable bonds is 4. The van der Waals surface area contributed by atoms with Crippen LogP contribution in [0.25, 0.3) is 0 Å². The molecular formula is C18H34Cl2N4O2S. The number of thioether (sulfide) groups is 1. The standard InChI is InChI=1S/C18H32N4O2S.2ClH/c1-15-4-2-3-6-22(15)18(24)13-20-7-9-21(10-8-20)17(23)12-16-14-25-11-5-19-16;;/h15-16,19H,2-14H2,1H3;2*1H. The highest BCUT2D eigenvalue weighted by atomic mass is 35.5. The summed E-state index contributed by atoms with van der Waals surface area (Å²) < 4.78 is 0. The summed E-state index contributed by atoms with van der Waals surface area (Å²) in [4.78, 5) is 31.3. The zero-order chi connectivity index (χ0) is 17.6. The predicted molar refractivity (Wildman–Crippen MR) is 116 cm³/mol. The van der Waals surface area contributed by atoms with Gasteiger partial charge in [0.25, 0.3) is 0 Å². The Bertz CT molecular complexity index is 472. The Morgan fingerprint density at radius 2 is 1.78 bits per heavy atom. The second-order valence-corrected chi connectivity index (χ2v) is 8.67. The molecule has 2 unspecified atom stereocenters. The first-order valence-electron chi connectivity index (χ1n) is 9.74. The quantitative estimate of drug-likeness (QED) is 0.716. The number of hydrogen-bond acceptors (Lipinski definition) is 5. The molecule has 0 bridgehead atoms. The number of likely N-dealkylation sites (tertiary alicyclic amines) is 1. The molecule has 3 aliphatic rings. The van der Waals surface area contributed by atoms with E-state index in [0.29, 0.717) is 25.0 Å². The van der Waals surface area contributed by atoms with E-state index in [1.807, 2.05) is 21.6 Å². The van der Waals surface area contributed by atoms with Crippen LogP contribution in [0.5, 0.6) is 0 Å². The first-order valence-corrected chi connectivity index (χ1v) is 10.9. The number of halogens is 2. The second kappa shape index (κ2) is 12.4. The van der Waals surface area contributed by atoms with Crippen molar-refractivity contribution < 1.29 is 9.59 Å². The average Bonchev–Trinajstić information content (AvgIpc) is 2.63. The monoisotopic (exact) mass is 440 g/mol. The minimum Gasteiger partial charge on any atom is -0.340 e. The lowest BCUT2D eigenvalue weighted by Crippen LogP contribution is -2.53. The Morgan fingerprint density at radius 1 is 1.04 bits per heavy atom. The van der Waals surface area contributed by atoms with Crippen molar-refractivity contribution in [1.29, 1.82) is 0 Å². The van der Waals surface area contributed by atoms with Gasteiger partial charge in [0.05, 0.1) is 6.54 Å². The number of carbonyl (C=O) groups is 2. The summed E-state index contributed by atoms with van der Waals surface area (Å²) in [7, 11) is 0. The van der Waals surface area contributed by atoms with E-state index in [1.165, 1.54) is 6.42 Å². The number of carbonyl (C=O) groups excluding carboxylic acids is 2. The molecule has 0 aliphatic carbocycles. The highest BCUT2D eigenvalue weighted by molar-refractivity contribution is 7.99. The van der Waals surface area contributed by atoms with Crippen molar-refractivity contribution in [2.24, 2.45) is 0 Å². The van der Waals surface area contributed by atoms with Gasteiger partial charge in [-0.1, -0.05) is 0 Å². The van der Waals surface area contributed by atoms with Crippen molar-refractivity contribution in [3.05, 3.63) is 0 Å². The molecule has 158 valence electrons. The van der Waals surface area contributed by atoms with Crippen LogP contribution < -0.4 is 5.32 Å². The first-order chi connectivity index (χ1) is 12.1. The minimum atomic E-state index is 0. The number of piperazine rings is 1. The zero-order valence-electron chi connectivity index (χ0n) is 16.2. The lowest BCUT2D eigenvalue weighted by Gasteiger charge is -2.38. The number of piperidine rings is 1. The molecule has 27 heavy (non-hydrogen) atoms. The van der Waals surface area contributed by atoms with Crippen molar-refractivity contribution in [3.8, 4) is 0 Å². The van der Waals surface area contributed by atoms with Crippen LogP contribution in [0.4, 0.5) is 0 Å². The largest absolute Gasteiger partial charge is 0.340 e. The van der Waals surface area contributed by atoms with E-state index >= 15 is 0 Å². The van der Waals surface area contributed by atoms with Crippen LogP contribution >= 0.6 is 36.6 Å². The van der Waals surface area contributed by atoms with Gasteiger partial charge in [0, 0.05) is 69.3 Å². The van der Waals surface area contributed by atoms with Crippen molar-refractivity contribution in [2.75, 3.05) is 57.3 Å².